The molecule has 0 spiro atoms. The topological polar surface area (TPSA) is 16.4 Å². The number of anilines is 3. The summed E-state index contributed by atoms with van der Waals surface area (Å²) in [6.07, 6.45) is 0. The predicted molar refractivity (Wildman–Crippen MR) is 194 cm³/mol. The largest absolute Gasteiger partial charge is 0.454 e. The smallest absolute Gasteiger partial charge is 0.160 e. The zero-order chi connectivity index (χ0) is 30.5. The van der Waals surface area contributed by atoms with Crippen molar-refractivity contribution >= 4 is 60.5 Å². The Labute approximate surface area is 267 Å². The molecule has 2 heteroatoms. The molecule has 8 aromatic carbocycles. The van der Waals surface area contributed by atoms with E-state index in [1.807, 2.05) is 6.07 Å². The van der Waals surface area contributed by atoms with E-state index in [1.165, 1.54) is 38.4 Å². The Bertz CT molecular complexity index is 2410. The van der Waals surface area contributed by atoms with Crippen LogP contribution in [0.25, 0.3) is 65.7 Å². The zero-order valence-corrected chi connectivity index (χ0v) is 25.1. The predicted octanol–water partition coefficient (Wildman–Crippen LogP) is 12.7. The first kappa shape index (κ1) is 26.3. The molecule has 1 aromatic heterocycles. The van der Waals surface area contributed by atoms with Crippen LogP contribution in [0.15, 0.2) is 180 Å². The summed E-state index contributed by atoms with van der Waals surface area (Å²) in [6, 6.07) is 62.6. The van der Waals surface area contributed by atoms with Crippen molar-refractivity contribution in [1.29, 1.82) is 0 Å². The second kappa shape index (κ2) is 10.8. The number of furan rings is 1. The van der Waals surface area contributed by atoms with Gasteiger partial charge in [0.1, 0.15) is 5.58 Å². The lowest BCUT2D eigenvalue weighted by molar-refractivity contribution is 0.669. The van der Waals surface area contributed by atoms with Crippen LogP contribution in [0.2, 0.25) is 0 Å². The number of nitrogens with zero attached hydrogens (tertiary/aromatic N) is 1. The lowest BCUT2D eigenvalue weighted by Gasteiger charge is -2.27. The first-order valence-electron chi connectivity index (χ1n) is 15.7. The van der Waals surface area contributed by atoms with Crippen molar-refractivity contribution in [3.05, 3.63) is 176 Å². The molecule has 0 fully saturated rings. The van der Waals surface area contributed by atoms with Gasteiger partial charge in [0.2, 0.25) is 0 Å². The van der Waals surface area contributed by atoms with E-state index >= 15 is 0 Å². The second-order valence-electron chi connectivity index (χ2n) is 11.7. The number of fused-ring (bicyclic) bond motifs is 6. The van der Waals surface area contributed by atoms with Crippen LogP contribution < -0.4 is 4.90 Å². The number of hydrogen-bond donors (Lipinski definition) is 0. The van der Waals surface area contributed by atoms with E-state index in [4.69, 9.17) is 4.42 Å². The molecule has 0 radical (unpaired) electrons. The van der Waals surface area contributed by atoms with Gasteiger partial charge in [0.25, 0.3) is 0 Å². The third-order valence-corrected chi connectivity index (χ3v) is 9.05. The van der Waals surface area contributed by atoms with E-state index in [9.17, 15) is 0 Å². The highest BCUT2D eigenvalue weighted by Gasteiger charge is 2.23. The van der Waals surface area contributed by atoms with Crippen molar-refractivity contribution in [2.75, 3.05) is 4.90 Å². The van der Waals surface area contributed by atoms with E-state index in [0.29, 0.717) is 0 Å². The van der Waals surface area contributed by atoms with Crippen LogP contribution in [0.4, 0.5) is 17.1 Å². The van der Waals surface area contributed by atoms with Crippen LogP contribution in [-0.2, 0) is 0 Å². The lowest BCUT2D eigenvalue weighted by Crippen LogP contribution is -2.11. The van der Waals surface area contributed by atoms with Crippen LogP contribution in [0.5, 0.6) is 0 Å². The molecular formula is C44H29NO. The third kappa shape index (κ3) is 4.35. The normalized spacial score (nSPS) is 11.5. The highest BCUT2D eigenvalue weighted by atomic mass is 16.3. The van der Waals surface area contributed by atoms with Gasteiger partial charge in [0, 0.05) is 27.5 Å². The summed E-state index contributed by atoms with van der Waals surface area (Å²) >= 11 is 0. The zero-order valence-electron chi connectivity index (χ0n) is 25.1. The molecule has 0 saturated heterocycles. The summed E-state index contributed by atoms with van der Waals surface area (Å²) in [4.78, 5) is 2.37. The van der Waals surface area contributed by atoms with Crippen molar-refractivity contribution < 1.29 is 4.42 Å². The van der Waals surface area contributed by atoms with Gasteiger partial charge < -0.3 is 9.32 Å². The monoisotopic (exact) mass is 587 g/mol. The van der Waals surface area contributed by atoms with Gasteiger partial charge in [-0.1, -0.05) is 140 Å². The minimum absolute atomic E-state index is 0.878. The van der Waals surface area contributed by atoms with Gasteiger partial charge in [-0.2, -0.15) is 0 Å². The minimum Gasteiger partial charge on any atom is -0.454 e. The van der Waals surface area contributed by atoms with Gasteiger partial charge in [0.15, 0.2) is 5.58 Å². The van der Waals surface area contributed by atoms with Crippen LogP contribution >= 0.6 is 0 Å². The minimum atomic E-state index is 0.878. The van der Waals surface area contributed by atoms with E-state index in [0.717, 1.165) is 44.4 Å². The summed E-state index contributed by atoms with van der Waals surface area (Å²) in [5.41, 5.74) is 9.69. The molecule has 0 N–H and O–H groups in total. The molecule has 2 nitrogen and oxygen atoms in total. The Balaban J connectivity index is 1.34. The van der Waals surface area contributed by atoms with Gasteiger partial charge in [-0.25, -0.2) is 0 Å². The molecule has 0 aliphatic heterocycles. The van der Waals surface area contributed by atoms with Gasteiger partial charge in [-0.15, -0.1) is 0 Å². The Morgan fingerprint density at radius 3 is 1.50 bits per heavy atom. The molecule has 9 rings (SSSR count). The van der Waals surface area contributed by atoms with Crippen molar-refractivity contribution in [3.8, 4) is 22.3 Å². The SMILES string of the molecule is c1ccc(-c2ccc(N(c3ccc(-c4ccccc4)cc3)c3c4ccc5ccccc5c4cc4c3oc3ccccc34)cc2)cc1. The van der Waals surface area contributed by atoms with E-state index in [1.54, 1.807) is 0 Å². The molecule has 9 aromatic rings. The summed E-state index contributed by atoms with van der Waals surface area (Å²) in [5, 5.41) is 7.03. The van der Waals surface area contributed by atoms with E-state index < -0.39 is 0 Å². The van der Waals surface area contributed by atoms with Crippen LogP contribution in [0, 0.1) is 0 Å². The molecule has 0 atom stereocenters. The van der Waals surface area contributed by atoms with Crippen molar-refractivity contribution in [2.24, 2.45) is 0 Å². The maximum Gasteiger partial charge on any atom is 0.160 e. The fourth-order valence-corrected chi connectivity index (χ4v) is 6.81. The molecule has 216 valence electrons. The van der Waals surface area contributed by atoms with Crippen molar-refractivity contribution in [1.82, 2.24) is 0 Å². The molecule has 0 saturated carbocycles. The number of hydrogen-bond acceptors (Lipinski definition) is 2. The fraction of sp³-hybridized carbons (Fsp3) is 0. The molecular weight excluding hydrogens is 558 g/mol. The lowest BCUT2D eigenvalue weighted by atomic mass is 9.96. The van der Waals surface area contributed by atoms with Gasteiger partial charge in [-0.3, -0.25) is 0 Å². The second-order valence-corrected chi connectivity index (χ2v) is 11.7. The molecule has 0 aliphatic rings. The fourth-order valence-electron chi connectivity index (χ4n) is 6.81. The van der Waals surface area contributed by atoms with Crippen LogP contribution in [-0.4, -0.2) is 0 Å². The molecule has 1 heterocycles. The molecule has 0 aliphatic carbocycles. The Hall–Kier alpha value is -6.12. The first-order chi connectivity index (χ1) is 22.8. The van der Waals surface area contributed by atoms with Crippen LogP contribution in [0.1, 0.15) is 0 Å². The maximum absolute atomic E-state index is 6.77. The van der Waals surface area contributed by atoms with E-state index in [-0.39, 0.29) is 0 Å². The van der Waals surface area contributed by atoms with E-state index in [2.05, 4.69) is 175 Å². The van der Waals surface area contributed by atoms with Gasteiger partial charge >= 0.3 is 0 Å². The Morgan fingerprint density at radius 1 is 0.348 bits per heavy atom. The van der Waals surface area contributed by atoms with Crippen molar-refractivity contribution in [3.63, 3.8) is 0 Å². The molecule has 46 heavy (non-hydrogen) atoms. The first-order valence-corrected chi connectivity index (χ1v) is 15.7. The molecule has 0 unspecified atom stereocenters. The highest BCUT2D eigenvalue weighted by Crippen LogP contribution is 2.48. The standard InChI is InChI=1S/C44H29NO/c1-3-11-30(12-4-1)32-19-24-35(25-20-32)45(36-26-21-33(22-27-36)31-13-5-2-6-14-31)43-39-28-23-34-15-7-8-16-37(34)40(39)29-41-38-17-9-10-18-42(38)46-44(41)43/h1-29H. The summed E-state index contributed by atoms with van der Waals surface area (Å²) in [6.45, 7) is 0. The Morgan fingerprint density at radius 2 is 0.870 bits per heavy atom. The third-order valence-electron chi connectivity index (χ3n) is 9.05. The number of para-hydroxylation sites is 1. The highest BCUT2D eigenvalue weighted by molar-refractivity contribution is 6.24. The quantitative estimate of drug-likeness (QED) is 0.186. The maximum atomic E-state index is 6.77. The molecule has 0 amide bonds. The molecule has 0 bridgehead atoms. The van der Waals surface area contributed by atoms with Gasteiger partial charge in [0.05, 0.1) is 5.69 Å². The summed E-state index contributed by atoms with van der Waals surface area (Å²) in [5.74, 6) is 0. The average molecular weight is 588 g/mol. The number of rotatable bonds is 5. The number of benzene rings is 8. The van der Waals surface area contributed by atoms with Crippen molar-refractivity contribution in [2.45, 2.75) is 0 Å². The van der Waals surface area contributed by atoms with Crippen LogP contribution in [0.3, 0.4) is 0 Å². The van der Waals surface area contributed by atoms with Gasteiger partial charge in [-0.05, 0) is 74.8 Å². The summed E-state index contributed by atoms with van der Waals surface area (Å²) < 4.78 is 6.77. The Kier molecular flexibility index (Phi) is 6.17. The summed E-state index contributed by atoms with van der Waals surface area (Å²) in [7, 11) is 0. The average Bonchev–Trinajstić information content (AvgIpc) is 3.51.